The van der Waals surface area contributed by atoms with Crippen LogP contribution < -0.4 is 21.2 Å². The van der Waals surface area contributed by atoms with E-state index in [-0.39, 0.29) is 40.2 Å². The van der Waals surface area contributed by atoms with Gasteiger partial charge in [-0.1, -0.05) is 42.8 Å². The monoisotopic (exact) mass is 622 g/mol. The highest BCUT2D eigenvalue weighted by atomic mass is 16.7. The first-order chi connectivity index (χ1) is 22.1. The Morgan fingerprint density at radius 3 is 2.78 bits per heavy atom. The fourth-order valence-corrected chi connectivity index (χ4v) is 8.13. The summed E-state index contributed by atoms with van der Waals surface area (Å²) >= 11 is 0. The summed E-state index contributed by atoms with van der Waals surface area (Å²) in [6.07, 6.45) is 9.41. The molecule has 46 heavy (non-hydrogen) atoms. The zero-order valence-corrected chi connectivity index (χ0v) is 26.2. The smallest absolute Gasteiger partial charge is 0.341 e. The molecule has 9 nitrogen and oxygen atoms in total. The van der Waals surface area contributed by atoms with Gasteiger partial charge in [0.1, 0.15) is 39.9 Å². The van der Waals surface area contributed by atoms with E-state index in [1.165, 1.54) is 22.8 Å². The van der Waals surface area contributed by atoms with Gasteiger partial charge in [-0.05, 0) is 81.2 Å². The largest absolute Gasteiger partial charge is 0.507 e. The highest BCUT2D eigenvalue weighted by Gasteiger charge is 2.64. The fourth-order valence-electron chi connectivity index (χ4n) is 8.13. The molecule has 1 spiro atoms. The van der Waals surface area contributed by atoms with E-state index >= 15 is 0 Å². The first kappa shape index (κ1) is 28.9. The van der Waals surface area contributed by atoms with Gasteiger partial charge < -0.3 is 34.8 Å². The number of fused-ring (bicyclic) bond motifs is 7. The summed E-state index contributed by atoms with van der Waals surface area (Å²) in [6, 6.07) is 11.3. The van der Waals surface area contributed by atoms with E-state index in [2.05, 4.69) is 29.6 Å². The van der Waals surface area contributed by atoms with Crippen LogP contribution in [-0.2, 0) is 14.3 Å². The van der Waals surface area contributed by atoms with Crippen LogP contribution in [0.25, 0.3) is 17.0 Å². The summed E-state index contributed by atoms with van der Waals surface area (Å²) in [5.41, 5.74) is 9.52. The van der Waals surface area contributed by atoms with Crippen molar-refractivity contribution >= 4 is 23.0 Å². The van der Waals surface area contributed by atoms with Crippen LogP contribution in [-0.4, -0.2) is 34.5 Å². The van der Waals surface area contributed by atoms with Crippen molar-refractivity contribution in [3.05, 3.63) is 98.2 Å². The summed E-state index contributed by atoms with van der Waals surface area (Å²) in [5.74, 6) is 0.579. The average molecular weight is 623 g/mol. The van der Waals surface area contributed by atoms with Crippen molar-refractivity contribution in [1.82, 2.24) is 5.32 Å². The predicted octanol–water partition coefficient (Wildman–Crippen LogP) is 5.93. The molecule has 5 unspecified atom stereocenters. The van der Waals surface area contributed by atoms with Crippen LogP contribution in [0.2, 0.25) is 0 Å². The number of rotatable bonds is 3. The van der Waals surface area contributed by atoms with Gasteiger partial charge in [0.25, 0.3) is 0 Å². The molecule has 2 fully saturated rings. The minimum absolute atomic E-state index is 0.0116. The lowest BCUT2D eigenvalue weighted by Crippen LogP contribution is -2.52. The Labute approximate surface area is 266 Å². The van der Waals surface area contributed by atoms with Crippen LogP contribution in [0.3, 0.4) is 0 Å². The molecule has 2 saturated heterocycles. The summed E-state index contributed by atoms with van der Waals surface area (Å²) in [6.45, 7) is 5.47. The van der Waals surface area contributed by atoms with Crippen LogP contribution in [0, 0.1) is 6.92 Å². The molecule has 0 bridgehead atoms. The van der Waals surface area contributed by atoms with Crippen LogP contribution in [0.15, 0.2) is 74.7 Å². The normalized spacial score (nSPS) is 29.1. The Kier molecular flexibility index (Phi) is 6.45. The van der Waals surface area contributed by atoms with E-state index in [0.717, 1.165) is 18.4 Å². The molecule has 0 saturated carbocycles. The zero-order chi connectivity index (χ0) is 32.0. The van der Waals surface area contributed by atoms with Gasteiger partial charge in [0.15, 0.2) is 11.0 Å². The quantitative estimate of drug-likeness (QED) is 0.240. The number of aromatic hydroxyl groups is 1. The number of dihydropyridines is 1. The van der Waals surface area contributed by atoms with Crippen molar-refractivity contribution in [3.63, 3.8) is 0 Å². The Bertz CT molecular complexity index is 1950. The number of hydrogen-bond acceptors (Lipinski definition) is 9. The minimum atomic E-state index is -1.02. The van der Waals surface area contributed by atoms with Crippen molar-refractivity contribution in [2.24, 2.45) is 5.73 Å². The Morgan fingerprint density at radius 2 is 1.93 bits per heavy atom. The number of phenols is 1. The third-order valence-electron chi connectivity index (χ3n) is 10.4. The maximum Gasteiger partial charge on any atom is 0.341 e. The number of carbonyl (C=O) groups excluding carboxylic acids is 1. The lowest BCUT2D eigenvalue weighted by Gasteiger charge is -2.44. The molecule has 238 valence electrons. The van der Waals surface area contributed by atoms with Crippen LogP contribution in [0.1, 0.15) is 86.8 Å². The van der Waals surface area contributed by atoms with E-state index < -0.39 is 23.3 Å². The Balaban J connectivity index is 1.06. The standard InChI is InChI=1S/C37H38N2O7/c1-19-16-25(40)31-26(43-19)18-27-30(33(31)41)24-10-6-7-15-37(35(42)44-34(24)36(2,3)45-27)28(46-37)14-12-21-17-29(38)39-32-22-9-5-4-8-20(22)11-13-23(21)32/h4-5,8-9,11,13,16-18,24,28,32,34,39,41H,6-7,10,12,14-15,38H2,1-3H3. The van der Waals surface area contributed by atoms with Gasteiger partial charge in [-0.2, -0.15) is 0 Å². The summed E-state index contributed by atoms with van der Waals surface area (Å²) in [7, 11) is 0. The molecule has 0 radical (unpaired) electrons. The van der Waals surface area contributed by atoms with E-state index in [4.69, 9.17) is 24.4 Å². The summed E-state index contributed by atoms with van der Waals surface area (Å²) in [4.78, 5) is 26.9. The molecule has 1 aromatic heterocycles. The van der Waals surface area contributed by atoms with E-state index in [9.17, 15) is 14.7 Å². The van der Waals surface area contributed by atoms with Gasteiger partial charge in [0.05, 0.1) is 18.0 Å². The second-order valence-corrected chi connectivity index (χ2v) is 13.8. The molecular formula is C37H38N2O7. The number of benzene rings is 2. The summed E-state index contributed by atoms with van der Waals surface area (Å²) in [5, 5.41) is 15.0. The average Bonchev–Trinajstić information content (AvgIpc) is 3.71. The number of esters is 1. The highest BCUT2D eigenvalue weighted by molar-refractivity contribution is 5.88. The fraction of sp³-hybridized carbons (Fsp3) is 0.405. The number of allylic oxidation sites excluding steroid dienone is 2. The first-order valence-electron chi connectivity index (χ1n) is 16.2. The number of nitrogens with one attached hydrogen (secondary N) is 1. The molecule has 4 aliphatic heterocycles. The zero-order valence-electron chi connectivity index (χ0n) is 26.2. The van der Waals surface area contributed by atoms with Crippen LogP contribution >= 0.6 is 0 Å². The molecule has 1 aliphatic carbocycles. The van der Waals surface area contributed by atoms with Gasteiger partial charge in [-0.25, -0.2) is 4.79 Å². The van der Waals surface area contributed by atoms with Gasteiger partial charge in [-0.15, -0.1) is 0 Å². The topological polar surface area (TPSA) is 137 Å². The van der Waals surface area contributed by atoms with Crippen molar-refractivity contribution in [2.75, 3.05) is 0 Å². The second-order valence-electron chi connectivity index (χ2n) is 13.8. The molecule has 5 heterocycles. The minimum Gasteiger partial charge on any atom is -0.507 e. The molecular weight excluding hydrogens is 584 g/mol. The first-order valence-corrected chi connectivity index (χ1v) is 16.2. The second kappa shape index (κ2) is 10.3. The van der Waals surface area contributed by atoms with Gasteiger partial charge in [0, 0.05) is 23.6 Å². The van der Waals surface area contributed by atoms with E-state index in [1.54, 1.807) is 13.0 Å². The van der Waals surface area contributed by atoms with Crippen molar-refractivity contribution in [2.45, 2.75) is 94.7 Å². The third-order valence-corrected chi connectivity index (χ3v) is 10.4. The third kappa shape index (κ3) is 4.47. The number of phenolic OH excluding ortho intramolecular Hbond substituents is 1. The van der Waals surface area contributed by atoms with Crippen LogP contribution in [0.4, 0.5) is 0 Å². The summed E-state index contributed by atoms with van der Waals surface area (Å²) < 4.78 is 24.8. The Hall–Kier alpha value is -4.50. The number of epoxide rings is 1. The van der Waals surface area contributed by atoms with E-state index in [1.807, 2.05) is 32.1 Å². The SMILES string of the molecule is Cc1cc(=O)c2c(O)c3c(cc2o1)OC(C)(C)C1OC(=O)C2(CCCCC31)OC2CCC1=C2C=Cc3ccccc3C2NC(N)=C1. The molecule has 3 aromatic rings. The lowest BCUT2D eigenvalue weighted by molar-refractivity contribution is -0.170. The predicted molar refractivity (Wildman–Crippen MR) is 172 cm³/mol. The van der Waals surface area contributed by atoms with E-state index in [0.29, 0.717) is 48.6 Å². The number of nitrogens with two attached hydrogens (primary N) is 1. The maximum atomic E-state index is 14.0. The molecule has 0 amide bonds. The lowest BCUT2D eigenvalue weighted by atomic mass is 9.77. The van der Waals surface area contributed by atoms with Crippen LogP contribution in [0.5, 0.6) is 11.5 Å². The number of hydrogen-bond donors (Lipinski definition) is 3. The number of aryl methyl sites for hydroxylation is 1. The molecule has 4 N–H and O–H groups in total. The Morgan fingerprint density at radius 1 is 1.11 bits per heavy atom. The number of ether oxygens (including phenoxy) is 3. The highest BCUT2D eigenvalue weighted by Crippen LogP contribution is 2.54. The molecule has 8 rings (SSSR count). The molecule has 9 heteroatoms. The van der Waals surface area contributed by atoms with Crippen molar-refractivity contribution < 1.29 is 28.5 Å². The molecule has 5 aliphatic rings. The number of carbonyl (C=O) groups is 1. The van der Waals surface area contributed by atoms with Crippen molar-refractivity contribution in [3.8, 4) is 11.5 Å². The molecule has 2 aromatic carbocycles. The van der Waals surface area contributed by atoms with Crippen molar-refractivity contribution in [1.29, 1.82) is 0 Å². The van der Waals surface area contributed by atoms with Gasteiger partial charge in [0.2, 0.25) is 0 Å². The molecule has 5 atom stereocenters. The van der Waals surface area contributed by atoms with Gasteiger partial charge >= 0.3 is 5.97 Å². The van der Waals surface area contributed by atoms with Gasteiger partial charge in [-0.3, -0.25) is 4.79 Å². The maximum absolute atomic E-state index is 14.0.